The topological polar surface area (TPSA) is 128 Å². The zero-order valence-electron chi connectivity index (χ0n) is 17.9. The standard InChI is InChI=1S/C22H29FN6O3/c23-15-4-6-16(7-5-15)26-21-18(20(25)30)13-29(27-21)19(12-24)14-8-10-28(11-9-14)22(31)32-17-2-1-3-17/h4-7,13-14,17,19H,1-3,8-12,24H2,(H2,25,30)(H,26,27). The number of nitrogens with zero attached hydrogens (tertiary/aromatic N) is 3. The predicted octanol–water partition coefficient (Wildman–Crippen LogP) is 2.77. The van der Waals surface area contributed by atoms with Crippen LogP contribution in [-0.4, -0.2) is 52.4 Å². The van der Waals surface area contributed by atoms with Crippen molar-refractivity contribution in [2.45, 2.75) is 44.2 Å². The van der Waals surface area contributed by atoms with E-state index in [0.29, 0.717) is 31.1 Å². The molecular weight excluding hydrogens is 415 g/mol. The zero-order valence-corrected chi connectivity index (χ0v) is 17.9. The van der Waals surface area contributed by atoms with Crippen LogP contribution < -0.4 is 16.8 Å². The maximum Gasteiger partial charge on any atom is 0.410 e. The molecule has 9 nitrogen and oxygen atoms in total. The van der Waals surface area contributed by atoms with Gasteiger partial charge in [0, 0.05) is 31.5 Å². The van der Waals surface area contributed by atoms with E-state index in [0.717, 1.165) is 32.1 Å². The Balaban J connectivity index is 1.43. The molecule has 5 N–H and O–H groups in total. The second-order valence-corrected chi connectivity index (χ2v) is 8.43. The van der Waals surface area contributed by atoms with Crippen molar-refractivity contribution >= 4 is 23.5 Å². The average Bonchev–Trinajstić information content (AvgIpc) is 3.17. The van der Waals surface area contributed by atoms with Crippen LogP contribution in [0.2, 0.25) is 0 Å². The van der Waals surface area contributed by atoms with Crippen LogP contribution in [0, 0.1) is 11.7 Å². The number of primary amides is 1. The van der Waals surface area contributed by atoms with Crippen molar-refractivity contribution in [1.29, 1.82) is 0 Å². The molecule has 1 aliphatic carbocycles. The summed E-state index contributed by atoms with van der Waals surface area (Å²) in [6.45, 7) is 1.52. The summed E-state index contributed by atoms with van der Waals surface area (Å²) in [5.74, 6) is -0.497. The second-order valence-electron chi connectivity index (χ2n) is 8.43. The Morgan fingerprint density at radius 3 is 2.44 bits per heavy atom. The molecule has 1 saturated carbocycles. The van der Waals surface area contributed by atoms with Crippen molar-refractivity contribution < 1.29 is 18.7 Å². The van der Waals surface area contributed by atoms with Crippen LogP contribution in [0.3, 0.4) is 0 Å². The van der Waals surface area contributed by atoms with Gasteiger partial charge in [-0.1, -0.05) is 0 Å². The maximum atomic E-state index is 13.2. The number of carbonyl (C=O) groups is 2. The highest BCUT2D eigenvalue weighted by Gasteiger charge is 2.32. The molecule has 0 bridgehead atoms. The molecule has 1 saturated heterocycles. The van der Waals surface area contributed by atoms with Crippen LogP contribution >= 0.6 is 0 Å². The third-order valence-corrected chi connectivity index (χ3v) is 6.35. The number of ether oxygens (including phenoxy) is 1. The molecule has 4 rings (SSSR count). The highest BCUT2D eigenvalue weighted by atomic mass is 19.1. The van der Waals surface area contributed by atoms with Gasteiger partial charge in [0.15, 0.2) is 5.82 Å². The molecule has 2 amide bonds. The van der Waals surface area contributed by atoms with Gasteiger partial charge in [-0.15, -0.1) is 0 Å². The Morgan fingerprint density at radius 2 is 1.88 bits per heavy atom. The molecule has 1 aliphatic heterocycles. The minimum atomic E-state index is -0.620. The number of nitrogens with two attached hydrogens (primary N) is 2. The molecule has 1 aromatic heterocycles. The number of hydrogen-bond donors (Lipinski definition) is 3. The first-order chi connectivity index (χ1) is 15.4. The van der Waals surface area contributed by atoms with E-state index in [1.54, 1.807) is 27.9 Å². The van der Waals surface area contributed by atoms with Gasteiger partial charge in [0.1, 0.15) is 17.5 Å². The van der Waals surface area contributed by atoms with Crippen LogP contribution in [0.5, 0.6) is 0 Å². The Hall–Kier alpha value is -3.14. The van der Waals surface area contributed by atoms with E-state index >= 15 is 0 Å². The van der Waals surface area contributed by atoms with Crippen molar-refractivity contribution in [3.63, 3.8) is 0 Å². The normalized spacial score (nSPS) is 18.1. The number of halogens is 1. The summed E-state index contributed by atoms with van der Waals surface area (Å²) in [7, 11) is 0. The molecule has 0 spiro atoms. The molecule has 172 valence electrons. The number of aromatic nitrogens is 2. The van der Waals surface area contributed by atoms with Gasteiger partial charge in [0.25, 0.3) is 5.91 Å². The Labute approximate surface area is 185 Å². The van der Waals surface area contributed by atoms with Gasteiger partial charge < -0.3 is 26.4 Å². The van der Waals surface area contributed by atoms with E-state index in [-0.39, 0.29) is 35.5 Å². The number of carbonyl (C=O) groups excluding carboxylic acids is 2. The summed E-state index contributed by atoms with van der Waals surface area (Å²) in [6.07, 6.45) is 5.97. The molecule has 2 fully saturated rings. The van der Waals surface area contributed by atoms with Crippen molar-refractivity contribution in [3.8, 4) is 0 Å². The first-order valence-electron chi connectivity index (χ1n) is 11.0. The number of anilines is 2. The lowest BCUT2D eigenvalue weighted by atomic mass is 9.89. The summed E-state index contributed by atoms with van der Waals surface area (Å²) in [5.41, 5.74) is 12.4. The molecule has 2 aliphatic rings. The molecule has 32 heavy (non-hydrogen) atoms. The largest absolute Gasteiger partial charge is 0.446 e. The van der Waals surface area contributed by atoms with E-state index in [4.69, 9.17) is 16.2 Å². The smallest absolute Gasteiger partial charge is 0.410 e. The van der Waals surface area contributed by atoms with Crippen molar-refractivity contribution in [3.05, 3.63) is 41.8 Å². The number of hydrogen-bond acceptors (Lipinski definition) is 6. The van der Waals surface area contributed by atoms with Crippen molar-refractivity contribution in [1.82, 2.24) is 14.7 Å². The predicted molar refractivity (Wildman–Crippen MR) is 117 cm³/mol. The second kappa shape index (κ2) is 9.56. The van der Waals surface area contributed by atoms with Gasteiger partial charge in [-0.2, -0.15) is 5.10 Å². The molecule has 10 heteroatoms. The van der Waals surface area contributed by atoms with Gasteiger partial charge in [-0.05, 0) is 62.3 Å². The van der Waals surface area contributed by atoms with Crippen LogP contribution in [0.15, 0.2) is 30.5 Å². The summed E-state index contributed by atoms with van der Waals surface area (Å²) >= 11 is 0. The quantitative estimate of drug-likeness (QED) is 0.602. The average molecular weight is 445 g/mol. The number of likely N-dealkylation sites (tertiary alicyclic amines) is 1. The molecule has 1 atom stereocenters. The summed E-state index contributed by atoms with van der Waals surface area (Å²) in [4.78, 5) is 26.0. The van der Waals surface area contributed by atoms with Gasteiger partial charge in [0.05, 0.1) is 6.04 Å². The SMILES string of the molecule is NCC(C1CCN(C(=O)OC2CCC2)CC1)n1cc(C(N)=O)c(Nc2ccc(F)cc2)n1. The fourth-order valence-electron chi connectivity index (χ4n) is 4.19. The van der Waals surface area contributed by atoms with E-state index in [2.05, 4.69) is 10.4 Å². The maximum absolute atomic E-state index is 13.2. The van der Waals surface area contributed by atoms with Crippen LogP contribution in [0.1, 0.15) is 48.5 Å². The van der Waals surface area contributed by atoms with Crippen LogP contribution in [-0.2, 0) is 4.74 Å². The first-order valence-corrected chi connectivity index (χ1v) is 11.0. The van der Waals surface area contributed by atoms with Gasteiger partial charge >= 0.3 is 6.09 Å². The van der Waals surface area contributed by atoms with Crippen molar-refractivity contribution in [2.24, 2.45) is 17.4 Å². The lowest BCUT2D eigenvalue weighted by Gasteiger charge is -2.36. The number of amides is 2. The van der Waals surface area contributed by atoms with Gasteiger partial charge in [-0.25, -0.2) is 9.18 Å². The number of nitrogens with one attached hydrogen (secondary N) is 1. The first kappa shape index (κ1) is 22.1. The third kappa shape index (κ3) is 4.85. The van der Waals surface area contributed by atoms with Crippen molar-refractivity contribution in [2.75, 3.05) is 25.0 Å². The fourth-order valence-corrected chi connectivity index (χ4v) is 4.19. The highest BCUT2D eigenvalue weighted by Crippen LogP contribution is 2.31. The third-order valence-electron chi connectivity index (χ3n) is 6.35. The lowest BCUT2D eigenvalue weighted by Crippen LogP contribution is -2.43. The molecular formula is C22H29FN6O3. The lowest BCUT2D eigenvalue weighted by molar-refractivity contribution is 0.0183. The minimum absolute atomic E-state index is 0.0698. The van der Waals surface area contributed by atoms with Gasteiger partial charge in [0.2, 0.25) is 0 Å². The summed E-state index contributed by atoms with van der Waals surface area (Å²) in [5, 5.41) is 7.56. The van der Waals surface area contributed by atoms with E-state index < -0.39 is 5.91 Å². The Kier molecular flexibility index (Phi) is 6.59. The van der Waals surface area contributed by atoms with E-state index in [1.807, 2.05) is 0 Å². The van der Waals surface area contributed by atoms with E-state index in [9.17, 15) is 14.0 Å². The number of piperidine rings is 1. The molecule has 2 aromatic rings. The molecule has 0 radical (unpaired) electrons. The van der Waals surface area contributed by atoms with Crippen LogP contribution in [0.4, 0.5) is 20.7 Å². The Morgan fingerprint density at radius 1 is 1.19 bits per heavy atom. The fraction of sp³-hybridized carbons (Fsp3) is 0.500. The zero-order chi connectivity index (χ0) is 22.7. The molecule has 2 heterocycles. The molecule has 1 aromatic carbocycles. The minimum Gasteiger partial charge on any atom is -0.446 e. The Bertz CT molecular complexity index is 951. The number of benzene rings is 1. The van der Waals surface area contributed by atoms with E-state index in [1.165, 1.54) is 12.1 Å². The van der Waals surface area contributed by atoms with Gasteiger partial charge in [-0.3, -0.25) is 9.48 Å². The highest BCUT2D eigenvalue weighted by molar-refractivity contribution is 5.98. The monoisotopic (exact) mass is 444 g/mol. The number of rotatable bonds is 7. The summed E-state index contributed by atoms with van der Waals surface area (Å²) in [6, 6.07) is 5.59. The van der Waals surface area contributed by atoms with Crippen LogP contribution in [0.25, 0.3) is 0 Å². The molecule has 1 unspecified atom stereocenters. The summed E-state index contributed by atoms with van der Waals surface area (Å²) < 4.78 is 20.4.